The van der Waals surface area contributed by atoms with Crippen molar-refractivity contribution in [3.8, 4) is 17.2 Å². The maximum Gasteiger partial charge on any atom is 0.323 e. The zero-order valence-electron chi connectivity index (χ0n) is 68.5. The molecule has 0 atom stereocenters. The number of rotatable bonds is 22. The summed E-state index contributed by atoms with van der Waals surface area (Å²) in [7, 11) is 7.58. The topological polar surface area (TPSA) is 345 Å². The van der Waals surface area contributed by atoms with E-state index in [0.29, 0.717) is 173 Å². The van der Waals surface area contributed by atoms with Gasteiger partial charge >= 0.3 is 29.8 Å². The van der Waals surface area contributed by atoms with Gasteiger partial charge in [0.05, 0.1) is 125 Å². The SMILES string of the molecule is CCSc1ccc2c(=O)c3ccc(Cl)c(OC)c3n(CC(=O)O)c2c1.CNc1c(Cl)ccc2c(=O)c3ccccc3n(CC(=O)O)c12.COCc1c(Cl)ccc2c(=O)c3ccccc3n(CC(=O)O)c12.COc1c(Cl)ccc2c(=O)c3ccc(SC(C)C)cc3n(CC(=O)O)c12.COc1c(Cl)ccc2c(=O)c3ccc(SC4CCCCC4)cc3n(CC(=O)O)c12. The molecule has 1 aliphatic carbocycles. The summed E-state index contributed by atoms with van der Waals surface area (Å²) in [6, 6.07) is 46.7. The van der Waals surface area contributed by atoms with Crippen LogP contribution in [0.2, 0.25) is 25.1 Å². The van der Waals surface area contributed by atoms with Gasteiger partial charge < -0.3 is 72.6 Å². The van der Waals surface area contributed by atoms with Crippen molar-refractivity contribution in [3.05, 3.63) is 246 Å². The fraction of sp³-hybridized carbons (Fsp3) is 0.239. The van der Waals surface area contributed by atoms with Crippen LogP contribution in [0, 0.1) is 0 Å². The van der Waals surface area contributed by atoms with Gasteiger partial charge in [-0.1, -0.05) is 122 Å². The van der Waals surface area contributed by atoms with E-state index >= 15 is 0 Å². The maximum absolute atomic E-state index is 13.1. The van der Waals surface area contributed by atoms with Gasteiger partial charge in [-0.05, 0) is 158 Å². The van der Waals surface area contributed by atoms with Gasteiger partial charge in [-0.15, -0.1) is 35.3 Å². The molecule has 5 aromatic heterocycles. The molecule has 10 aromatic carbocycles. The average molecular weight is 1850 g/mol. The Labute approximate surface area is 750 Å². The molecule has 0 amide bonds. The van der Waals surface area contributed by atoms with Crippen LogP contribution in [0.5, 0.6) is 17.2 Å². The van der Waals surface area contributed by atoms with Crippen molar-refractivity contribution in [3.63, 3.8) is 0 Å². The van der Waals surface area contributed by atoms with Crippen LogP contribution in [0.1, 0.15) is 58.4 Å². The van der Waals surface area contributed by atoms with Crippen LogP contribution < -0.4 is 46.7 Å². The van der Waals surface area contributed by atoms with Crippen molar-refractivity contribution in [1.82, 2.24) is 22.8 Å². The number of aliphatic carboxylic acids is 5. The first-order chi connectivity index (χ1) is 59.9. The second-order valence-corrected chi connectivity index (χ2v) is 35.3. The predicted molar refractivity (Wildman–Crippen MR) is 502 cm³/mol. The first-order valence-corrected chi connectivity index (χ1v) is 43.7. The minimum absolute atomic E-state index is 0.139. The molecule has 1 fully saturated rings. The normalized spacial score (nSPS) is 12.1. The van der Waals surface area contributed by atoms with Crippen molar-refractivity contribution >= 4 is 238 Å². The Morgan fingerprint density at radius 1 is 0.400 bits per heavy atom. The van der Waals surface area contributed by atoms with E-state index in [9.17, 15) is 73.5 Å². The molecule has 6 N–H and O–H groups in total. The number of carboxylic acids is 5. The van der Waals surface area contributed by atoms with Crippen LogP contribution in [-0.2, 0) is 68.0 Å². The lowest BCUT2D eigenvalue weighted by Crippen LogP contribution is -2.17. The molecule has 0 radical (unpaired) electrons. The van der Waals surface area contributed by atoms with E-state index in [2.05, 4.69) is 19.2 Å². The summed E-state index contributed by atoms with van der Waals surface area (Å²) >= 11 is 36.2. The Hall–Kier alpha value is -11.4. The van der Waals surface area contributed by atoms with Gasteiger partial charge in [0.2, 0.25) is 0 Å². The number of methoxy groups -OCH3 is 4. The first-order valence-electron chi connectivity index (χ1n) is 39.0. The lowest BCUT2D eigenvalue weighted by atomic mass is 10.0. The zero-order valence-corrected chi connectivity index (χ0v) is 74.8. The third-order valence-electron chi connectivity index (χ3n) is 20.7. The third-order valence-corrected chi connectivity index (χ3v) is 25.5. The summed E-state index contributed by atoms with van der Waals surface area (Å²) in [5.74, 6) is -3.22. The number of carbonyl (C=O) groups is 5. The summed E-state index contributed by atoms with van der Waals surface area (Å²) in [4.78, 5) is 125. The van der Waals surface area contributed by atoms with Gasteiger partial charge in [0.1, 0.15) is 32.7 Å². The number of ether oxygens (including phenoxy) is 4. The Kier molecular flexibility index (Phi) is 30.2. The molecule has 125 heavy (non-hydrogen) atoms. The molecule has 5 heterocycles. The summed E-state index contributed by atoms with van der Waals surface area (Å²) in [6.45, 7) is 4.94. The van der Waals surface area contributed by atoms with E-state index in [0.717, 1.165) is 20.4 Å². The van der Waals surface area contributed by atoms with Crippen molar-refractivity contribution in [2.75, 3.05) is 46.6 Å². The van der Waals surface area contributed by atoms with E-state index in [1.54, 1.807) is 175 Å². The van der Waals surface area contributed by atoms with E-state index in [-0.39, 0.29) is 66.5 Å². The number of hydrogen-bond acceptors (Lipinski definition) is 18. The summed E-state index contributed by atoms with van der Waals surface area (Å²) in [5, 5.41) is 57.0. The van der Waals surface area contributed by atoms with Crippen LogP contribution in [0.15, 0.2) is 202 Å². The average Bonchev–Trinajstić information content (AvgIpc) is 0.769. The molecule has 648 valence electrons. The molecule has 0 bridgehead atoms. The highest BCUT2D eigenvalue weighted by molar-refractivity contribution is 8.00. The van der Waals surface area contributed by atoms with Crippen molar-refractivity contribution in [2.45, 2.75) is 117 Å². The second kappa shape index (κ2) is 40.7. The van der Waals surface area contributed by atoms with E-state index in [1.165, 1.54) is 60.5 Å². The number of nitrogens with zero attached hydrogens (tertiary/aromatic N) is 5. The van der Waals surface area contributed by atoms with Crippen LogP contribution >= 0.6 is 93.3 Å². The third kappa shape index (κ3) is 19.7. The fourth-order valence-electron chi connectivity index (χ4n) is 15.7. The van der Waals surface area contributed by atoms with Gasteiger partial charge in [0.15, 0.2) is 44.4 Å². The molecular formula is C92H83Cl5N6O19S3. The number of hydrogen-bond donors (Lipinski definition) is 6. The van der Waals surface area contributed by atoms with E-state index in [4.69, 9.17) is 77.0 Å². The van der Waals surface area contributed by atoms with Crippen molar-refractivity contribution in [2.24, 2.45) is 0 Å². The quantitative estimate of drug-likeness (QED) is 0.0271. The van der Waals surface area contributed by atoms with Gasteiger partial charge in [0.25, 0.3) is 0 Å². The monoisotopic (exact) mass is 1850 g/mol. The molecule has 25 nitrogen and oxygen atoms in total. The summed E-state index contributed by atoms with van der Waals surface area (Å²) in [5.41, 5.74) is 5.41. The van der Waals surface area contributed by atoms with Gasteiger partial charge in [-0.2, -0.15) is 0 Å². The second-order valence-electron chi connectivity index (χ2n) is 28.9. The Morgan fingerprint density at radius 3 is 1.10 bits per heavy atom. The molecule has 0 aliphatic heterocycles. The van der Waals surface area contributed by atoms with Crippen molar-refractivity contribution < 1.29 is 68.5 Å². The molecule has 0 unspecified atom stereocenters. The number of halogens is 5. The number of fused-ring (bicyclic) bond motifs is 10. The molecule has 0 spiro atoms. The number of carboxylic acid groups (broad SMARTS) is 5. The molecule has 16 rings (SSSR count). The molecule has 33 heteroatoms. The number of benzene rings is 10. The van der Waals surface area contributed by atoms with Crippen LogP contribution in [0.25, 0.3) is 109 Å². The summed E-state index contributed by atoms with van der Waals surface area (Å²) < 4.78 is 29.4. The highest BCUT2D eigenvalue weighted by Crippen LogP contribution is 2.42. The molecule has 15 aromatic rings. The maximum atomic E-state index is 13.1. The van der Waals surface area contributed by atoms with Crippen LogP contribution in [-0.4, -0.2) is 130 Å². The van der Waals surface area contributed by atoms with Gasteiger partial charge in [-0.3, -0.25) is 47.9 Å². The van der Waals surface area contributed by atoms with Crippen LogP contribution in [0.3, 0.4) is 0 Å². The molecular weight excluding hydrogens is 1770 g/mol. The van der Waals surface area contributed by atoms with Gasteiger partial charge in [-0.25, -0.2) is 0 Å². The Balaban J connectivity index is 0.000000143. The lowest BCUT2D eigenvalue weighted by molar-refractivity contribution is -0.138. The smallest absolute Gasteiger partial charge is 0.323 e. The minimum Gasteiger partial charge on any atom is -0.493 e. The molecule has 1 aliphatic rings. The number of pyridine rings is 5. The minimum atomic E-state index is -1.01. The highest BCUT2D eigenvalue weighted by Gasteiger charge is 2.26. The van der Waals surface area contributed by atoms with Crippen LogP contribution in [0.4, 0.5) is 5.69 Å². The Morgan fingerprint density at radius 2 is 0.720 bits per heavy atom. The van der Waals surface area contributed by atoms with E-state index in [1.807, 2.05) is 61.2 Å². The number of anilines is 1. The zero-order chi connectivity index (χ0) is 90.1. The molecule has 1 saturated carbocycles. The first kappa shape index (κ1) is 92.7. The van der Waals surface area contributed by atoms with Crippen molar-refractivity contribution in [1.29, 1.82) is 0 Å². The number of aromatic nitrogens is 5. The highest BCUT2D eigenvalue weighted by atomic mass is 35.5. The fourth-order valence-corrected chi connectivity index (χ4v) is 19.7. The lowest BCUT2D eigenvalue weighted by Gasteiger charge is -2.21. The summed E-state index contributed by atoms with van der Waals surface area (Å²) in [6.07, 6.45) is 6.15. The number of thioether (sulfide) groups is 3. The van der Waals surface area contributed by atoms with E-state index < -0.39 is 29.8 Å². The number of para-hydroxylation sites is 2. The van der Waals surface area contributed by atoms with Gasteiger partial charge in [0, 0.05) is 87.6 Å². The Bertz CT molecular complexity index is 7170. The largest absolute Gasteiger partial charge is 0.493 e. The molecule has 0 saturated heterocycles. The standard InChI is InChI=1S/C22H22ClNO4S.C19H18ClNO4S.C18H16ClNO4S.C17H14ClNO4.C16H13ClN2O3/c1-28-22-17(23)10-9-16-20(22)24(12-19(25)26)18-11-14(7-8-15(18)21(16)27)29-13-5-3-2-4-6-13;1-10(2)26-11-4-5-12-15(8-11)21(9-16(22)23)17-13(18(12)24)6-7-14(20)19(17)25-3;1-3-25-10-4-5-11-14(8-10)20(9-15(21)22)16-12(17(11)23)6-7-13(19)18(16)24-2;1-23-9-12-13(18)7-6-11-16(12)19(8-15(20)21)14-5-3-2-4-10(14)17(11)22;1-18-14-11(17)7-6-10-15(14)19(8-13(20)21)12-5-3-2-4-9(12)16(10)22/h7-11,13H,2-6,12H2,1H3,(H,25,26);4-8,10H,9H2,1-3H3,(H,22,23);4-8H,3,9H2,1-2H3,(H,21,22);2-7H,8-9H2,1H3,(H,20,21);2-7,18H,8H2,1H3,(H,20,21). The predicted octanol–water partition coefficient (Wildman–Crippen LogP) is 19.7. The number of nitrogens with one attached hydrogen (secondary N) is 1.